The van der Waals surface area contributed by atoms with Gasteiger partial charge in [-0.05, 0) is 91.7 Å². The van der Waals surface area contributed by atoms with Gasteiger partial charge in [-0.15, -0.1) is 0 Å². The van der Waals surface area contributed by atoms with E-state index in [9.17, 15) is 14.4 Å². The molecular formula is C34H49N3O4. The Balaban J connectivity index is 1.13. The summed E-state index contributed by atoms with van der Waals surface area (Å²) in [5.41, 5.74) is 1.78. The highest BCUT2D eigenvalue weighted by atomic mass is 16.5. The summed E-state index contributed by atoms with van der Waals surface area (Å²) in [6, 6.07) is 8.02. The van der Waals surface area contributed by atoms with Crippen molar-refractivity contribution in [3.63, 3.8) is 0 Å². The zero-order chi connectivity index (χ0) is 29.0. The van der Waals surface area contributed by atoms with Crippen LogP contribution in [0.5, 0.6) is 0 Å². The second-order valence-electron chi connectivity index (χ2n) is 15.3. The van der Waals surface area contributed by atoms with Crippen LogP contribution in [0.3, 0.4) is 0 Å². The molecule has 1 aliphatic heterocycles. The molecule has 41 heavy (non-hydrogen) atoms. The lowest BCUT2D eigenvalue weighted by atomic mass is 9.49. The van der Waals surface area contributed by atoms with Crippen LogP contribution < -0.4 is 10.6 Å². The molecule has 4 aliphatic carbocycles. The van der Waals surface area contributed by atoms with Crippen molar-refractivity contribution in [1.29, 1.82) is 0 Å². The summed E-state index contributed by atoms with van der Waals surface area (Å²) in [4.78, 5) is 40.7. The van der Waals surface area contributed by atoms with E-state index in [0.717, 1.165) is 36.9 Å². The van der Waals surface area contributed by atoms with Crippen molar-refractivity contribution in [3.05, 3.63) is 29.8 Å². The maximum absolute atomic E-state index is 13.9. The summed E-state index contributed by atoms with van der Waals surface area (Å²) in [7, 11) is 1.42. The molecule has 2 atom stereocenters. The highest BCUT2D eigenvalue weighted by Crippen LogP contribution is 2.59. The lowest BCUT2D eigenvalue weighted by Gasteiger charge is -2.61. The number of nitrogens with one attached hydrogen (secondary N) is 2. The second kappa shape index (κ2) is 10.3. The quantitative estimate of drug-likeness (QED) is 0.351. The molecule has 0 bridgehead atoms. The maximum Gasteiger partial charge on any atom is 0.409 e. The van der Waals surface area contributed by atoms with Gasteiger partial charge in [0.05, 0.1) is 12.5 Å². The van der Waals surface area contributed by atoms with E-state index >= 15 is 0 Å². The number of rotatable bonds is 10. The van der Waals surface area contributed by atoms with Gasteiger partial charge in [0.1, 0.15) is 0 Å². The molecule has 7 nitrogen and oxygen atoms in total. The van der Waals surface area contributed by atoms with E-state index in [1.807, 2.05) is 24.3 Å². The van der Waals surface area contributed by atoms with Crippen LogP contribution in [0, 0.1) is 34.0 Å². The van der Waals surface area contributed by atoms with E-state index in [-0.39, 0.29) is 34.7 Å². The number of carbonyl (C=O) groups excluding carboxylic acids is 3. The first-order chi connectivity index (χ1) is 19.5. The molecule has 2 unspecified atom stereocenters. The molecule has 5 fully saturated rings. The molecule has 1 heterocycles. The van der Waals surface area contributed by atoms with Gasteiger partial charge in [-0.2, -0.15) is 0 Å². The van der Waals surface area contributed by atoms with Gasteiger partial charge in [0, 0.05) is 37.2 Å². The summed E-state index contributed by atoms with van der Waals surface area (Å²) in [6.07, 6.45) is 12.1. The monoisotopic (exact) mass is 563 g/mol. The summed E-state index contributed by atoms with van der Waals surface area (Å²) >= 11 is 0. The Labute approximate surface area is 245 Å². The Morgan fingerprint density at radius 3 is 2.20 bits per heavy atom. The number of carbonyl (C=O) groups is 3. The minimum atomic E-state index is -0.671. The Morgan fingerprint density at radius 2 is 1.68 bits per heavy atom. The van der Waals surface area contributed by atoms with E-state index in [1.165, 1.54) is 45.6 Å². The van der Waals surface area contributed by atoms with Crippen molar-refractivity contribution in [1.82, 2.24) is 10.2 Å². The maximum atomic E-state index is 13.9. The molecule has 3 amide bonds. The predicted octanol–water partition coefficient (Wildman–Crippen LogP) is 6.27. The van der Waals surface area contributed by atoms with Crippen molar-refractivity contribution in [2.75, 3.05) is 32.1 Å². The van der Waals surface area contributed by atoms with E-state index in [4.69, 9.17) is 4.74 Å². The summed E-state index contributed by atoms with van der Waals surface area (Å²) < 4.78 is 4.89. The molecule has 2 N–H and O–H groups in total. The molecule has 5 aliphatic rings. The van der Waals surface area contributed by atoms with Crippen molar-refractivity contribution in [2.24, 2.45) is 34.0 Å². The Bertz CT molecular complexity index is 1170. The van der Waals surface area contributed by atoms with Gasteiger partial charge >= 0.3 is 6.09 Å². The molecule has 0 radical (unpaired) electrons. The largest absolute Gasteiger partial charge is 0.453 e. The Morgan fingerprint density at radius 1 is 1.02 bits per heavy atom. The van der Waals surface area contributed by atoms with Gasteiger partial charge in [0.2, 0.25) is 11.8 Å². The molecule has 1 aromatic rings. The number of hydrogen-bond acceptors (Lipinski definition) is 4. The average Bonchev–Trinajstić information content (AvgIpc) is 3.61. The van der Waals surface area contributed by atoms with E-state index < -0.39 is 5.41 Å². The van der Waals surface area contributed by atoms with Crippen LogP contribution in [0.2, 0.25) is 0 Å². The number of anilines is 1. The minimum Gasteiger partial charge on any atom is -0.453 e. The Kier molecular flexibility index (Phi) is 7.17. The van der Waals surface area contributed by atoms with Crippen molar-refractivity contribution >= 4 is 23.6 Å². The number of ether oxygens (including phenoxy) is 1. The topological polar surface area (TPSA) is 87.7 Å². The number of hydrogen-bond donors (Lipinski definition) is 2. The fraction of sp³-hybridized carbons (Fsp3) is 0.735. The normalized spacial score (nSPS) is 25.8. The fourth-order valence-electron chi connectivity index (χ4n) is 8.36. The van der Waals surface area contributed by atoms with Crippen LogP contribution in [0.1, 0.15) is 97.0 Å². The van der Waals surface area contributed by atoms with Crippen LogP contribution in [0.15, 0.2) is 24.3 Å². The van der Waals surface area contributed by atoms with Gasteiger partial charge in [0.15, 0.2) is 0 Å². The van der Waals surface area contributed by atoms with E-state index in [2.05, 4.69) is 31.4 Å². The number of nitrogens with zero attached hydrogens (tertiary/aromatic N) is 1. The SMILES string of the molecule is COC(=O)N1CC2(CC(C(C)(C(=O)NCC3(C)CCC3)c3ccc(NC(=O)CC(C4CCC4)C4(C)CC4)cc3)C2)C1. The molecule has 6 rings (SSSR count). The van der Waals surface area contributed by atoms with E-state index in [0.29, 0.717) is 43.3 Å². The summed E-state index contributed by atoms with van der Waals surface area (Å²) in [6.45, 7) is 8.84. The number of benzene rings is 1. The molecule has 7 heteroatoms. The second-order valence-corrected chi connectivity index (χ2v) is 15.3. The Hall–Kier alpha value is -2.57. The van der Waals surface area contributed by atoms with Crippen LogP contribution >= 0.6 is 0 Å². The van der Waals surface area contributed by atoms with Crippen LogP contribution in [0.25, 0.3) is 0 Å². The molecule has 4 saturated carbocycles. The number of amides is 3. The molecule has 1 saturated heterocycles. The van der Waals surface area contributed by atoms with Gasteiger partial charge in [0.25, 0.3) is 0 Å². The highest BCUT2D eigenvalue weighted by Gasteiger charge is 2.60. The van der Waals surface area contributed by atoms with Crippen molar-refractivity contribution in [2.45, 2.75) is 96.8 Å². The first kappa shape index (κ1) is 28.5. The third-order valence-corrected chi connectivity index (χ3v) is 12.2. The van der Waals surface area contributed by atoms with Crippen LogP contribution in [-0.2, 0) is 19.7 Å². The van der Waals surface area contributed by atoms with Gasteiger partial charge in [-0.25, -0.2) is 4.79 Å². The average molecular weight is 564 g/mol. The number of likely N-dealkylation sites (tertiary alicyclic amines) is 1. The molecule has 224 valence electrons. The smallest absolute Gasteiger partial charge is 0.409 e. The standard InChI is InChI=1S/C34H49N3O4/c1-31(13-6-14-31)20-35-29(39)33(3,25-18-34(19-25)21-37(22-34)30(40)41-4)24-9-11-26(12-10-24)36-28(38)17-27(23-7-5-8-23)32(2)15-16-32/h9-12,23,25,27H,5-8,13-22H2,1-4H3,(H,35,39)(H,36,38). The lowest BCUT2D eigenvalue weighted by Crippen LogP contribution is -2.67. The van der Waals surface area contributed by atoms with Gasteiger partial charge < -0.3 is 20.3 Å². The van der Waals surface area contributed by atoms with Crippen LogP contribution in [0.4, 0.5) is 10.5 Å². The predicted molar refractivity (Wildman–Crippen MR) is 159 cm³/mol. The minimum absolute atomic E-state index is 0.0902. The number of methoxy groups -OCH3 is 1. The third kappa shape index (κ3) is 5.27. The zero-order valence-corrected chi connectivity index (χ0v) is 25.5. The molecule has 0 aromatic heterocycles. The van der Waals surface area contributed by atoms with Gasteiger partial charge in [-0.1, -0.05) is 51.7 Å². The third-order valence-electron chi connectivity index (χ3n) is 12.2. The van der Waals surface area contributed by atoms with Gasteiger partial charge in [-0.3, -0.25) is 9.59 Å². The van der Waals surface area contributed by atoms with Crippen LogP contribution in [-0.4, -0.2) is 49.6 Å². The highest BCUT2D eigenvalue weighted by molar-refractivity contribution is 5.92. The van der Waals surface area contributed by atoms with Crippen molar-refractivity contribution < 1.29 is 19.1 Å². The fourth-order valence-corrected chi connectivity index (χ4v) is 8.36. The summed E-state index contributed by atoms with van der Waals surface area (Å²) in [5, 5.41) is 6.49. The molecule has 1 spiro atoms. The lowest BCUT2D eigenvalue weighted by molar-refractivity contribution is -0.141. The zero-order valence-electron chi connectivity index (χ0n) is 25.5. The molecule has 1 aromatic carbocycles. The summed E-state index contributed by atoms with van der Waals surface area (Å²) in [5.74, 6) is 1.59. The van der Waals surface area contributed by atoms with E-state index in [1.54, 1.807) is 4.90 Å². The van der Waals surface area contributed by atoms with Crippen molar-refractivity contribution in [3.8, 4) is 0 Å². The first-order valence-electron chi connectivity index (χ1n) is 16.0. The molecular weight excluding hydrogens is 514 g/mol. The first-order valence-corrected chi connectivity index (χ1v) is 16.0.